The maximum atomic E-state index is 11.9. The molecule has 0 aliphatic heterocycles. The van der Waals surface area contributed by atoms with Gasteiger partial charge in [0.1, 0.15) is 11.5 Å². The highest BCUT2D eigenvalue weighted by Gasteiger charge is 2.11. The van der Waals surface area contributed by atoms with Gasteiger partial charge in [-0.3, -0.25) is 9.59 Å². The molecular formula is C17H16ClNO4. The van der Waals surface area contributed by atoms with Crippen LogP contribution in [0.25, 0.3) is 0 Å². The number of hydrogen-bond donors (Lipinski definition) is 1. The average molecular weight is 334 g/mol. The van der Waals surface area contributed by atoms with Gasteiger partial charge in [-0.25, -0.2) is 0 Å². The van der Waals surface area contributed by atoms with E-state index in [0.717, 1.165) is 0 Å². The van der Waals surface area contributed by atoms with Gasteiger partial charge < -0.3 is 14.8 Å². The summed E-state index contributed by atoms with van der Waals surface area (Å²) in [4.78, 5) is 23.5. The van der Waals surface area contributed by atoms with Crippen molar-refractivity contribution in [3.63, 3.8) is 0 Å². The minimum atomic E-state index is -0.345. The van der Waals surface area contributed by atoms with E-state index in [1.54, 1.807) is 43.5 Å². The third-order valence-corrected chi connectivity index (χ3v) is 3.27. The number of rotatable bonds is 6. The number of halogens is 1. The van der Waals surface area contributed by atoms with Crippen molar-refractivity contribution in [2.24, 2.45) is 0 Å². The molecule has 23 heavy (non-hydrogen) atoms. The summed E-state index contributed by atoms with van der Waals surface area (Å²) in [6, 6.07) is 11.7. The minimum absolute atomic E-state index is 0.185. The molecule has 5 nitrogen and oxygen atoms in total. The quantitative estimate of drug-likeness (QED) is 0.821. The fourth-order valence-corrected chi connectivity index (χ4v) is 2.12. The Hall–Kier alpha value is -2.53. The van der Waals surface area contributed by atoms with Gasteiger partial charge >= 0.3 is 0 Å². The van der Waals surface area contributed by atoms with Gasteiger partial charge in [0.2, 0.25) is 0 Å². The molecule has 0 bridgehead atoms. The van der Waals surface area contributed by atoms with Gasteiger partial charge in [-0.05, 0) is 37.3 Å². The molecule has 0 fully saturated rings. The SMILES string of the molecule is COc1cccc(NC(=O)COc2ccc(Cl)cc2C(C)=O)c1. The van der Waals surface area contributed by atoms with Gasteiger partial charge in [0.25, 0.3) is 5.91 Å². The van der Waals surface area contributed by atoms with Crippen LogP contribution in [0.3, 0.4) is 0 Å². The molecule has 0 saturated heterocycles. The number of carbonyl (C=O) groups excluding carboxylic acids is 2. The smallest absolute Gasteiger partial charge is 0.262 e. The Morgan fingerprint density at radius 3 is 2.65 bits per heavy atom. The van der Waals surface area contributed by atoms with Crippen molar-refractivity contribution < 1.29 is 19.1 Å². The van der Waals surface area contributed by atoms with Gasteiger partial charge in [-0.1, -0.05) is 17.7 Å². The normalized spacial score (nSPS) is 10.0. The van der Waals surface area contributed by atoms with Crippen molar-refractivity contribution in [2.45, 2.75) is 6.92 Å². The highest BCUT2D eigenvalue weighted by atomic mass is 35.5. The third kappa shape index (κ3) is 4.72. The van der Waals surface area contributed by atoms with Crippen LogP contribution in [-0.2, 0) is 4.79 Å². The van der Waals surface area contributed by atoms with Crippen LogP contribution in [0, 0.1) is 0 Å². The molecule has 0 atom stereocenters. The van der Waals surface area contributed by atoms with E-state index in [1.165, 1.54) is 13.0 Å². The summed E-state index contributed by atoms with van der Waals surface area (Å²) in [6.07, 6.45) is 0. The van der Waals surface area contributed by atoms with Crippen LogP contribution in [0.5, 0.6) is 11.5 Å². The van der Waals surface area contributed by atoms with Crippen LogP contribution in [0.2, 0.25) is 5.02 Å². The lowest BCUT2D eigenvalue weighted by atomic mass is 10.1. The van der Waals surface area contributed by atoms with Crippen LogP contribution in [0.15, 0.2) is 42.5 Å². The molecule has 0 aromatic heterocycles. The standard InChI is InChI=1S/C17H16ClNO4/c1-11(20)15-8-12(18)6-7-16(15)23-10-17(21)19-13-4-3-5-14(9-13)22-2/h3-9H,10H2,1-2H3,(H,19,21). The number of ether oxygens (including phenoxy) is 2. The molecule has 2 rings (SSSR count). The highest BCUT2D eigenvalue weighted by molar-refractivity contribution is 6.31. The van der Waals surface area contributed by atoms with Crippen molar-refractivity contribution in [3.8, 4) is 11.5 Å². The lowest BCUT2D eigenvalue weighted by Crippen LogP contribution is -2.20. The molecule has 1 N–H and O–H groups in total. The van der Waals surface area contributed by atoms with Crippen molar-refractivity contribution in [3.05, 3.63) is 53.1 Å². The van der Waals surface area contributed by atoms with Crippen LogP contribution in [-0.4, -0.2) is 25.4 Å². The zero-order valence-corrected chi connectivity index (χ0v) is 13.5. The molecule has 0 heterocycles. The molecule has 0 saturated carbocycles. The summed E-state index contributed by atoms with van der Waals surface area (Å²) in [5.41, 5.74) is 0.938. The summed E-state index contributed by atoms with van der Waals surface area (Å²) in [7, 11) is 1.55. The third-order valence-electron chi connectivity index (χ3n) is 3.03. The Kier molecular flexibility index (Phi) is 5.60. The maximum Gasteiger partial charge on any atom is 0.262 e. The lowest BCUT2D eigenvalue weighted by Gasteiger charge is -2.11. The number of methoxy groups -OCH3 is 1. The van der Waals surface area contributed by atoms with Crippen LogP contribution in [0.1, 0.15) is 17.3 Å². The number of Topliss-reactive ketones (excluding diaryl/α,β-unsaturated/α-hetero) is 1. The number of nitrogens with one attached hydrogen (secondary N) is 1. The molecule has 0 aliphatic carbocycles. The van der Waals surface area contributed by atoms with Crippen LogP contribution < -0.4 is 14.8 Å². The van der Waals surface area contributed by atoms with Crippen molar-refractivity contribution in [1.82, 2.24) is 0 Å². The topological polar surface area (TPSA) is 64.6 Å². The Morgan fingerprint density at radius 2 is 1.96 bits per heavy atom. The molecule has 0 spiro atoms. The first-order valence-corrected chi connectivity index (χ1v) is 7.24. The largest absolute Gasteiger partial charge is 0.497 e. The molecule has 2 aromatic rings. The molecule has 2 aromatic carbocycles. The van der Waals surface area contributed by atoms with E-state index >= 15 is 0 Å². The second-order valence-corrected chi connectivity index (χ2v) is 5.20. The minimum Gasteiger partial charge on any atom is -0.497 e. The van der Waals surface area contributed by atoms with Crippen molar-refractivity contribution in [1.29, 1.82) is 0 Å². The molecule has 0 radical (unpaired) electrons. The predicted molar refractivity (Wildman–Crippen MR) is 88.6 cm³/mol. The van der Waals surface area contributed by atoms with E-state index in [-0.39, 0.29) is 18.3 Å². The van der Waals surface area contributed by atoms with Crippen molar-refractivity contribution in [2.75, 3.05) is 19.0 Å². The Labute approximate surface area is 139 Å². The first-order valence-electron chi connectivity index (χ1n) is 6.87. The molecule has 120 valence electrons. The number of amides is 1. The molecule has 0 aliphatic rings. The zero-order chi connectivity index (χ0) is 16.8. The number of anilines is 1. The van der Waals surface area contributed by atoms with E-state index < -0.39 is 0 Å². The summed E-state index contributed by atoms with van der Waals surface area (Å²) in [5, 5.41) is 3.13. The monoisotopic (exact) mass is 333 g/mol. The summed E-state index contributed by atoms with van der Waals surface area (Å²) >= 11 is 5.86. The van der Waals surface area contributed by atoms with Crippen LogP contribution >= 0.6 is 11.6 Å². The number of ketones is 1. The Morgan fingerprint density at radius 1 is 1.17 bits per heavy atom. The summed E-state index contributed by atoms with van der Waals surface area (Å²) in [6.45, 7) is 1.19. The first kappa shape index (κ1) is 16.8. The second-order valence-electron chi connectivity index (χ2n) is 4.77. The van der Waals surface area contributed by atoms with E-state index in [1.807, 2.05) is 0 Å². The Balaban J connectivity index is 2.00. The highest BCUT2D eigenvalue weighted by Crippen LogP contribution is 2.23. The number of hydrogen-bond acceptors (Lipinski definition) is 4. The van der Waals surface area contributed by atoms with E-state index in [4.69, 9.17) is 21.1 Å². The fraction of sp³-hybridized carbons (Fsp3) is 0.176. The van der Waals surface area contributed by atoms with Gasteiger partial charge in [0.05, 0.1) is 12.7 Å². The maximum absolute atomic E-state index is 11.9. The van der Waals surface area contributed by atoms with Crippen LogP contribution in [0.4, 0.5) is 5.69 Å². The van der Waals surface area contributed by atoms with Gasteiger partial charge in [0, 0.05) is 16.8 Å². The molecular weight excluding hydrogens is 318 g/mol. The van der Waals surface area contributed by atoms with E-state index in [9.17, 15) is 9.59 Å². The molecule has 1 amide bonds. The summed E-state index contributed by atoms with van der Waals surface area (Å²) < 4.78 is 10.5. The van der Waals surface area contributed by atoms with E-state index in [2.05, 4.69) is 5.32 Å². The van der Waals surface area contributed by atoms with Gasteiger partial charge in [-0.15, -0.1) is 0 Å². The number of benzene rings is 2. The fourth-order valence-electron chi connectivity index (χ4n) is 1.94. The zero-order valence-electron chi connectivity index (χ0n) is 12.8. The average Bonchev–Trinajstić information content (AvgIpc) is 2.53. The van der Waals surface area contributed by atoms with Crippen molar-refractivity contribution >= 4 is 29.0 Å². The second kappa shape index (κ2) is 7.65. The van der Waals surface area contributed by atoms with Gasteiger partial charge in [-0.2, -0.15) is 0 Å². The molecule has 0 unspecified atom stereocenters. The van der Waals surface area contributed by atoms with Gasteiger partial charge in [0.15, 0.2) is 12.4 Å². The van der Waals surface area contributed by atoms with E-state index in [0.29, 0.717) is 27.8 Å². The molecule has 6 heteroatoms. The predicted octanol–water partition coefficient (Wildman–Crippen LogP) is 3.57. The first-order chi connectivity index (χ1) is 11.0. The summed E-state index contributed by atoms with van der Waals surface area (Å²) in [5.74, 6) is 0.432. The number of carbonyl (C=O) groups is 2. The Bertz CT molecular complexity index is 730. The lowest BCUT2D eigenvalue weighted by molar-refractivity contribution is -0.118.